The Morgan fingerprint density at radius 2 is 1.67 bits per heavy atom. The van der Waals surface area contributed by atoms with Crippen LogP contribution in [0.1, 0.15) is 16.1 Å². The second kappa shape index (κ2) is 10.5. The van der Waals surface area contributed by atoms with Gasteiger partial charge in [-0.25, -0.2) is 9.48 Å². The van der Waals surface area contributed by atoms with Gasteiger partial charge < -0.3 is 20.3 Å². The van der Waals surface area contributed by atoms with Crippen LogP contribution in [-0.2, 0) is 15.7 Å². The van der Waals surface area contributed by atoms with Crippen LogP contribution >= 0.6 is 0 Å². The summed E-state index contributed by atoms with van der Waals surface area (Å²) in [6, 6.07) is 6.88. The molecule has 9 nitrogen and oxygen atoms in total. The Kier molecular flexibility index (Phi) is 7.79. The van der Waals surface area contributed by atoms with E-state index in [0.717, 1.165) is 22.9 Å². The molecule has 2 N–H and O–H groups in total. The summed E-state index contributed by atoms with van der Waals surface area (Å²) in [5.74, 6) is -5.89. The number of nitrogens with zero attached hydrogens (tertiary/aromatic N) is 3. The first-order valence-corrected chi connectivity index (χ1v) is 10.5. The van der Waals surface area contributed by atoms with Crippen LogP contribution in [0.3, 0.4) is 0 Å². The zero-order valence-corrected chi connectivity index (χ0v) is 18.7. The maximum absolute atomic E-state index is 13.4. The molecule has 36 heavy (non-hydrogen) atoms. The molecular formula is C21H21F6N5O4. The van der Waals surface area contributed by atoms with Crippen molar-refractivity contribution in [3.8, 4) is 5.69 Å². The second-order valence-electron chi connectivity index (χ2n) is 7.84. The van der Waals surface area contributed by atoms with Gasteiger partial charge in [0.05, 0.1) is 30.2 Å². The molecule has 0 saturated carbocycles. The molecule has 3 amide bonds. The molecule has 1 fully saturated rings. The summed E-state index contributed by atoms with van der Waals surface area (Å²) in [7, 11) is 0.939. The number of nitrogens with one attached hydrogen (secondary N) is 2. The highest BCUT2D eigenvalue weighted by Gasteiger charge is 2.53. The number of carbonyl (C=O) groups excluding carboxylic acids is 3. The fraction of sp³-hybridized carbons (Fsp3) is 0.429. The Balaban J connectivity index is 1.59. The van der Waals surface area contributed by atoms with E-state index in [1.165, 1.54) is 12.1 Å². The Morgan fingerprint density at radius 3 is 2.25 bits per heavy atom. The highest BCUT2D eigenvalue weighted by Crippen LogP contribution is 2.38. The third-order valence-electron chi connectivity index (χ3n) is 5.47. The van der Waals surface area contributed by atoms with E-state index in [-0.39, 0.29) is 13.1 Å². The normalized spacial score (nSPS) is 18.1. The Labute approximate surface area is 200 Å². The lowest BCUT2D eigenvalue weighted by Crippen LogP contribution is -2.42. The number of ether oxygens (including phenoxy) is 1. The number of aromatic nitrogens is 2. The molecule has 2 aromatic rings. The van der Waals surface area contributed by atoms with E-state index >= 15 is 0 Å². The van der Waals surface area contributed by atoms with Gasteiger partial charge in [-0.3, -0.25) is 9.59 Å². The van der Waals surface area contributed by atoms with Crippen molar-refractivity contribution in [2.75, 3.05) is 33.3 Å². The zero-order chi connectivity index (χ0) is 26.7. The van der Waals surface area contributed by atoms with Gasteiger partial charge in [0.25, 0.3) is 5.91 Å². The van der Waals surface area contributed by atoms with Gasteiger partial charge in [0.15, 0.2) is 5.69 Å². The summed E-state index contributed by atoms with van der Waals surface area (Å²) in [5, 5.41) is 7.94. The van der Waals surface area contributed by atoms with Crippen LogP contribution in [0.5, 0.6) is 0 Å². The van der Waals surface area contributed by atoms with Crippen molar-refractivity contribution in [1.82, 2.24) is 25.3 Å². The Bertz CT molecular complexity index is 1100. The van der Waals surface area contributed by atoms with Gasteiger partial charge in [-0.15, -0.1) is 0 Å². The van der Waals surface area contributed by atoms with Crippen LogP contribution in [0.15, 0.2) is 36.5 Å². The average molecular weight is 521 g/mol. The minimum absolute atomic E-state index is 0.294. The number of amides is 3. The monoisotopic (exact) mass is 521 g/mol. The first-order valence-electron chi connectivity index (χ1n) is 10.5. The average Bonchev–Trinajstić information content (AvgIpc) is 3.47. The first-order chi connectivity index (χ1) is 16.8. The highest BCUT2D eigenvalue weighted by molar-refractivity contribution is 5.95. The topological polar surface area (TPSA) is 106 Å². The number of urea groups is 1. The summed E-state index contributed by atoms with van der Waals surface area (Å²) in [6.45, 7) is -1.91. The van der Waals surface area contributed by atoms with E-state index in [4.69, 9.17) is 0 Å². The van der Waals surface area contributed by atoms with Crippen LogP contribution in [0.25, 0.3) is 5.69 Å². The van der Waals surface area contributed by atoms with Crippen LogP contribution in [0.2, 0.25) is 0 Å². The SMILES string of the molecule is COC(=O)[C@H]1CN(C(=O)NCCNC(=O)c2cn(-c3ccccc3)nc2C(F)(F)F)C[C@@H]1C(F)(F)F. The number of likely N-dealkylation sites (tertiary alicyclic amines) is 1. The zero-order valence-electron chi connectivity index (χ0n) is 18.7. The van der Waals surface area contributed by atoms with E-state index in [9.17, 15) is 40.7 Å². The number of rotatable bonds is 6. The van der Waals surface area contributed by atoms with Crippen molar-refractivity contribution in [2.24, 2.45) is 11.8 Å². The van der Waals surface area contributed by atoms with Crippen LogP contribution in [0, 0.1) is 11.8 Å². The van der Waals surface area contributed by atoms with Crippen LogP contribution in [0.4, 0.5) is 31.1 Å². The molecule has 0 unspecified atom stereocenters. The number of benzene rings is 1. The molecule has 1 aliphatic rings. The molecule has 196 valence electrons. The molecule has 2 atom stereocenters. The maximum Gasteiger partial charge on any atom is 0.435 e. The van der Waals surface area contributed by atoms with Gasteiger partial charge in [-0.1, -0.05) is 18.2 Å². The van der Waals surface area contributed by atoms with Crippen molar-refractivity contribution in [2.45, 2.75) is 12.4 Å². The molecule has 15 heteroatoms. The summed E-state index contributed by atoms with van der Waals surface area (Å²) >= 11 is 0. The van der Waals surface area contributed by atoms with E-state index in [1.54, 1.807) is 18.2 Å². The van der Waals surface area contributed by atoms with Gasteiger partial charge in [-0.05, 0) is 12.1 Å². The van der Waals surface area contributed by atoms with Gasteiger partial charge in [0.2, 0.25) is 0 Å². The second-order valence-corrected chi connectivity index (χ2v) is 7.84. The summed E-state index contributed by atoms with van der Waals surface area (Å²) in [4.78, 5) is 37.1. The molecule has 1 aromatic heterocycles. The van der Waals surface area contributed by atoms with Crippen molar-refractivity contribution in [3.05, 3.63) is 47.8 Å². The quantitative estimate of drug-likeness (QED) is 0.346. The fourth-order valence-electron chi connectivity index (χ4n) is 3.71. The highest BCUT2D eigenvalue weighted by atomic mass is 19.4. The van der Waals surface area contributed by atoms with Crippen LogP contribution < -0.4 is 10.6 Å². The molecule has 0 aliphatic carbocycles. The van der Waals surface area contributed by atoms with Gasteiger partial charge in [-0.2, -0.15) is 31.4 Å². The van der Waals surface area contributed by atoms with E-state index in [1.807, 2.05) is 0 Å². The number of alkyl halides is 6. The molecule has 3 rings (SSSR count). The van der Waals surface area contributed by atoms with Crippen molar-refractivity contribution >= 4 is 17.9 Å². The predicted octanol–water partition coefficient (Wildman–Crippen LogP) is 2.61. The number of hydrogen-bond acceptors (Lipinski definition) is 5. The van der Waals surface area contributed by atoms with Gasteiger partial charge in [0, 0.05) is 32.4 Å². The smallest absolute Gasteiger partial charge is 0.435 e. The molecule has 2 heterocycles. The lowest BCUT2D eigenvalue weighted by Gasteiger charge is -2.19. The minimum Gasteiger partial charge on any atom is -0.469 e. The van der Waals surface area contributed by atoms with Gasteiger partial charge in [0.1, 0.15) is 0 Å². The third-order valence-corrected chi connectivity index (χ3v) is 5.47. The van der Waals surface area contributed by atoms with E-state index < -0.39 is 66.4 Å². The molecule has 1 aliphatic heterocycles. The Hall–Kier alpha value is -3.78. The van der Waals surface area contributed by atoms with Crippen molar-refractivity contribution in [1.29, 1.82) is 0 Å². The molecule has 0 radical (unpaired) electrons. The van der Waals surface area contributed by atoms with E-state index in [2.05, 4.69) is 20.5 Å². The molecule has 0 spiro atoms. The van der Waals surface area contributed by atoms with Crippen molar-refractivity contribution in [3.63, 3.8) is 0 Å². The summed E-state index contributed by atoms with van der Waals surface area (Å²) in [6.07, 6.45) is -8.73. The predicted molar refractivity (Wildman–Crippen MR) is 111 cm³/mol. The number of halogens is 6. The largest absolute Gasteiger partial charge is 0.469 e. The number of methoxy groups -OCH3 is 1. The minimum atomic E-state index is -4.91. The number of carbonyl (C=O) groups is 3. The number of esters is 1. The molecular weight excluding hydrogens is 500 g/mol. The fourth-order valence-corrected chi connectivity index (χ4v) is 3.71. The lowest BCUT2D eigenvalue weighted by molar-refractivity contribution is -0.189. The molecule has 0 bridgehead atoms. The van der Waals surface area contributed by atoms with Crippen molar-refractivity contribution < 1.29 is 45.5 Å². The maximum atomic E-state index is 13.4. The summed E-state index contributed by atoms with van der Waals surface area (Å²) in [5.41, 5.74) is -1.86. The lowest BCUT2D eigenvalue weighted by atomic mass is 9.96. The van der Waals surface area contributed by atoms with Crippen LogP contribution in [-0.4, -0.2) is 72.1 Å². The molecule has 1 saturated heterocycles. The number of hydrogen-bond donors (Lipinski definition) is 2. The van der Waals surface area contributed by atoms with E-state index in [0.29, 0.717) is 5.69 Å². The number of para-hydroxylation sites is 1. The van der Waals surface area contributed by atoms with Gasteiger partial charge >= 0.3 is 24.4 Å². The third kappa shape index (κ3) is 6.07. The standard InChI is InChI=1S/C21H21F6N5O4/c1-36-18(34)13-9-31(11-15(13)20(22,23)24)19(35)29-8-7-28-17(33)14-10-32(12-5-3-2-4-6-12)30-16(14)21(25,26)27/h2-6,10,13,15H,7-9,11H2,1H3,(H,28,33)(H,29,35)/t13-,15-/m0/s1. The Morgan fingerprint density at radius 1 is 1.03 bits per heavy atom. The first kappa shape index (κ1) is 26.8. The summed E-state index contributed by atoms with van der Waals surface area (Å²) < 4.78 is 85.2. The molecule has 1 aromatic carbocycles.